The van der Waals surface area contributed by atoms with Gasteiger partial charge in [-0.25, -0.2) is 0 Å². The number of halogens is 1. The lowest BCUT2D eigenvalue weighted by Gasteiger charge is -2.09. The molecule has 0 heterocycles. The van der Waals surface area contributed by atoms with Gasteiger partial charge in [-0.15, -0.1) is 0 Å². The van der Waals surface area contributed by atoms with Crippen molar-refractivity contribution in [2.75, 3.05) is 5.32 Å². The van der Waals surface area contributed by atoms with Gasteiger partial charge in [-0.2, -0.15) is 0 Å². The number of carbonyl (C=O) groups is 1. The third-order valence-corrected chi connectivity index (χ3v) is 3.69. The van der Waals surface area contributed by atoms with Crippen LogP contribution in [0.2, 0.25) is 5.02 Å². The van der Waals surface area contributed by atoms with Crippen molar-refractivity contribution in [3.05, 3.63) is 64.2 Å². The van der Waals surface area contributed by atoms with E-state index >= 15 is 0 Å². The molecule has 1 N–H and O–H groups in total. The van der Waals surface area contributed by atoms with E-state index in [4.69, 9.17) is 11.6 Å². The van der Waals surface area contributed by atoms with E-state index in [1.807, 2.05) is 50.2 Å². The highest BCUT2D eigenvalue weighted by atomic mass is 35.5. The zero-order valence-electron chi connectivity index (χ0n) is 12.4. The number of rotatable bonds is 5. The van der Waals surface area contributed by atoms with E-state index < -0.39 is 0 Å². The van der Waals surface area contributed by atoms with Gasteiger partial charge in [-0.05, 0) is 56.0 Å². The minimum Gasteiger partial charge on any atom is -0.326 e. The minimum absolute atomic E-state index is 0.0657. The quantitative estimate of drug-likeness (QED) is 0.834. The number of benzene rings is 2. The maximum Gasteiger partial charge on any atom is 0.224 e. The van der Waals surface area contributed by atoms with Gasteiger partial charge >= 0.3 is 0 Å². The van der Waals surface area contributed by atoms with Gasteiger partial charge in [0, 0.05) is 17.1 Å². The molecule has 0 bridgehead atoms. The van der Waals surface area contributed by atoms with E-state index in [2.05, 4.69) is 11.4 Å². The summed E-state index contributed by atoms with van der Waals surface area (Å²) in [6.45, 7) is 4.06. The van der Waals surface area contributed by atoms with Gasteiger partial charge in [0.05, 0.1) is 0 Å². The zero-order valence-corrected chi connectivity index (χ0v) is 13.2. The molecule has 2 aromatic carbocycles. The molecule has 1 amide bonds. The molecule has 0 saturated heterocycles. The summed E-state index contributed by atoms with van der Waals surface area (Å²) < 4.78 is 0. The number of carbonyl (C=O) groups excluding carboxylic acids is 1. The largest absolute Gasteiger partial charge is 0.326 e. The van der Waals surface area contributed by atoms with E-state index in [9.17, 15) is 4.79 Å². The van der Waals surface area contributed by atoms with Crippen molar-refractivity contribution in [1.29, 1.82) is 0 Å². The summed E-state index contributed by atoms with van der Waals surface area (Å²) in [5.41, 5.74) is 4.41. The predicted octanol–water partition coefficient (Wildman–Crippen LogP) is 4.92. The summed E-state index contributed by atoms with van der Waals surface area (Å²) in [7, 11) is 0. The van der Waals surface area contributed by atoms with Crippen molar-refractivity contribution in [3.63, 3.8) is 0 Å². The third-order valence-electron chi connectivity index (χ3n) is 3.44. The molecular weight excluding hydrogens is 282 g/mol. The van der Waals surface area contributed by atoms with E-state index in [1.54, 1.807) is 0 Å². The molecule has 0 aromatic heterocycles. The molecule has 3 heteroatoms. The minimum atomic E-state index is 0.0657. The molecule has 0 spiro atoms. The molecule has 110 valence electrons. The third kappa shape index (κ3) is 4.91. The van der Waals surface area contributed by atoms with Gasteiger partial charge in [0.1, 0.15) is 0 Å². The smallest absolute Gasteiger partial charge is 0.224 e. The molecule has 0 fully saturated rings. The van der Waals surface area contributed by atoms with Crippen LogP contribution in [0.25, 0.3) is 0 Å². The SMILES string of the molecule is Cc1ccc(NC(=O)CCCc2ccc(Cl)cc2)c(C)c1. The maximum absolute atomic E-state index is 12.0. The first-order valence-electron chi connectivity index (χ1n) is 7.16. The Morgan fingerprint density at radius 1 is 1.10 bits per heavy atom. The normalized spacial score (nSPS) is 10.4. The molecule has 0 aliphatic rings. The van der Waals surface area contributed by atoms with Gasteiger partial charge in [0.25, 0.3) is 0 Å². The molecule has 2 nitrogen and oxygen atoms in total. The Hall–Kier alpha value is -1.80. The van der Waals surface area contributed by atoms with Crippen LogP contribution in [0, 0.1) is 13.8 Å². The van der Waals surface area contributed by atoms with Crippen LogP contribution in [-0.2, 0) is 11.2 Å². The number of anilines is 1. The lowest BCUT2D eigenvalue weighted by Crippen LogP contribution is -2.12. The highest BCUT2D eigenvalue weighted by Crippen LogP contribution is 2.17. The van der Waals surface area contributed by atoms with Crippen LogP contribution >= 0.6 is 11.6 Å². The van der Waals surface area contributed by atoms with Crippen LogP contribution in [0.15, 0.2) is 42.5 Å². The highest BCUT2D eigenvalue weighted by Gasteiger charge is 2.05. The maximum atomic E-state index is 12.0. The molecule has 0 aliphatic carbocycles. The van der Waals surface area contributed by atoms with Gasteiger partial charge in [-0.3, -0.25) is 4.79 Å². The van der Waals surface area contributed by atoms with Gasteiger partial charge in [-0.1, -0.05) is 41.4 Å². The van der Waals surface area contributed by atoms with Gasteiger partial charge in [0.15, 0.2) is 0 Å². The molecule has 2 aromatic rings. The number of aryl methyl sites for hydroxylation is 3. The van der Waals surface area contributed by atoms with Gasteiger partial charge < -0.3 is 5.32 Å². The summed E-state index contributed by atoms with van der Waals surface area (Å²) in [6, 6.07) is 13.8. The number of hydrogen-bond donors (Lipinski definition) is 1. The summed E-state index contributed by atoms with van der Waals surface area (Å²) in [5.74, 6) is 0.0657. The molecule has 21 heavy (non-hydrogen) atoms. The fourth-order valence-electron chi connectivity index (χ4n) is 2.27. The van der Waals surface area contributed by atoms with Crippen LogP contribution < -0.4 is 5.32 Å². The molecule has 2 rings (SSSR count). The van der Waals surface area contributed by atoms with E-state index in [1.165, 1.54) is 11.1 Å². The first kappa shape index (κ1) is 15.6. The van der Waals surface area contributed by atoms with E-state index in [-0.39, 0.29) is 5.91 Å². The topological polar surface area (TPSA) is 29.1 Å². The Morgan fingerprint density at radius 2 is 1.81 bits per heavy atom. The number of hydrogen-bond acceptors (Lipinski definition) is 1. The van der Waals surface area contributed by atoms with Gasteiger partial charge in [0.2, 0.25) is 5.91 Å². The number of amides is 1. The number of nitrogens with one attached hydrogen (secondary N) is 1. The van der Waals surface area contributed by atoms with Crippen molar-refractivity contribution in [1.82, 2.24) is 0 Å². The van der Waals surface area contributed by atoms with E-state index in [0.29, 0.717) is 6.42 Å². The highest BCUT2D eigenvalue weighted by molar-refractivity contribution is 6.30. The second kappa shape index (κ2) is 7.28. The Balaban J connectivity index is 1.81. The second-order valence-electron chi connectivity index (χ2n) is 5.35. The Bertz CT molecular complexity index is 620. The summed E-state index contributed by atoms with van der Waals surface area (Å²) in [4.78, 5) is 12.0. The average molecular weight is 302 g/mol. The first-order valence-corrected chi connectivity index (χ1v) is 7.54. The molecular formula is C18H20ClNO. The lowest BCUT2D eigenvalue weighted by atomic mass is 10.1. The first-order chi connectivity index (χ1) is 10.0. The zero-order chi connectivity index (χ0) is 15.2. The molecule has 0 saturated carbocycles. The predicted molar refractivity (Wildman–Crippen MR) is 88.9 cm³/mol. The summed E-state index contributed by atoms with van der Waals surface area (Å²) in [5, 5.41) is 3.71. The Kier molecular flexibility index (Phi) is 5.40. The summed E-state index contributed by atoms with van der Waals surface area (Å²) >= 11 is 5.85. The van der Waals surface area contributed by atoms with Crippen molar-refractivity contribution >= 4 is 23.2 Å². The monoisotopic (exact) mass is 301 g/mol. The van der Waals surface area contributed by atoms with Crippen molar-refractivity contribution in [3.8, 4) is 0 Å². The second-order valence-corrected chi connectivity index (χ2v) is 5.78. The Labute approximate surface area is 131 Å². The van der Waals surface area contributed by atoms with Crippen molar-refractivity contribution < 1.29 is 4.79 Å². The molecule has 0 unspecified atom stereocenters. The standard InChI is InChI=1S/C18H20ClNO/c1-13-6-11-17(14(2)12-13)20-18(21)5-3-4-15-7-9-16(19)10-8-15/h6-12H,3-5H2,1-2H3,(H,20,21). The van der Waals surface area contributed by atoms with Crippen LogP contribution in [0.4, 0.5) is 5.69 Å². The molecule has 0 radical (unpaired) electrons. The van der Waals surface area contributed by atoms with Crippen LogP contribution in [0.5, 0.6) is 0 Å². The van der Waals surface area contributed by atoms with Crippen LogP contribution in [0.3, 0.4) is 0 Å². The summed E-state index contributed by atoms with van der Waals surface area (Å²) in [6.07, 6.45) is 2.24. The fraction of sp³-hybridized carbons (Fsp3) is 0.278. The van der Waals surface area contributed by atoms with Crippen molar-refractivity contribution in [2.45, 2.75) is 33.1 Å². The Morgan fingerprint density at radius 3 is 2.48 bits per heavy atom. The molecule has 0 atom stereocenters. The van der Waals surface area contributed by atoms with Crippen LogP contribution in [0.1, 0.15) is 29.5 Å². The van der Waals surface area contributed by atoms with Crippen molar-refractivity contribution in [2.24, 2.45) is 0 Å². The fourth-order valence-corrected chi connectivity index (χ4v) is 2.40. The lowest BCUT2D eigenvalue weighted by molar-refractivity contribution is -0.116. The van der Waals surface area contributed by atoms with Crippen LogP contribution in [-0.4, -0.2) is 5.91 Å². The average Bonchev–Trinajstić information content (AvgIpc) is 2.44. The molecule has 0 aliphatic heterocycles. The van der Waals surface area contributed by atoms with E-state index in [0.717, 1.165) is 29.1 Å².